The molecule has 0 unspecified atom stereocenters. The van der Waals surface area contributed by atoms with E-state index >= 15 is 0 Å². The molecule has 0 atom stereocenters. The number of thiophene rings is 1. The monoisotopic (exact) mass is 298 g/mol. The fourth-order valence-electron chi connectivity index (χ4n) is 2.80. The zero-order valence-electron chi connectivity index (χ0n) is 13.2. The predicted octanol–water partition coefficient (Wildman–Crippen LogP) is 4.18. The van der Waals surface area contributed by atoms with E-state index in [1.165, 1.54) is 31.3 Å². The van der Waals surface area contributed by atoms with Gasteiger partial charge in [-0.3, -0.25) is 0 Å². The van der Waals surface area contributed by atoms with Crippen molar-refractivity contribution < 1.29 is 0 Å². The number of rotatable bonds is 4. The second-order valence-electron chi connectivity index (χ2n) is 6.24. The van der Waals surface area contributed by atoms with Gasteiger partial charge in [0.2, 0.25) is 0 Å². The first-order valence-corrected chi connectivity index (χ1v) is 8.08. The van der Waals surface area contributed by atoms with Crippen LogP contribution in [0.3, 0.4) is 0 Å². The van der Waals surface area contributed by atoms with E-state index in [0.717, 1.165) is 13.1 Å². The number of benzene rings is 2. The van der Waals surface area contributed by atoms with Crippen LogP contribution < -0.4 is 0 Å². The molecule has 0 aliphatic heterocycles. The molecule has 3 rings (SSSR count). The molecule has 0 saturated heterocycles. The van der Waals surface area contributed by atoms with Gasteiger partial charge in [-0.1, -0.05) is 18.2 Å². The summed E-state index contributed by atoms with van der Waals surface area (Å²) in [5.41, 5.74) is 2.76. The summed E-state index contributed by atoms with van der Waals surface area (Å²) in [4.78, 5) is 4.43. The Hall–Kier alpha value is -1.42. The molecule has 2 aromatic carbocycles. The van der Waals surface area contributed by atoms with E-state index in [1.54, 1.807) is 0 Å². The van der Waals surface area contributed by atoms with Gasteiger partial charge in [-0.25, -0.2) is 0 Å². The SMILES string of the molecule is CN(C)Cc1ccc2c(c1)sc1ccc(CN(C)C)cc12. The summed E-state index contributed by atoms with van der Waals surface area (Å²) >= 11 is 1.90. The summed E-state index contributed by atoms with van der Waals surface area (Å²) in [5, 5.41) is 2.78. The van der Waals surface area contributed by atoms with E-state index in [0.29, 0.717) is 0 Å². The lowest BCUT2D eigenvalue weighted by Gasteiger charge is -2.10. The first kappa shape index (κ1) is 14.5. The third-order valence-electron chi connectivity index (χ3n) is 3.60. The standard InChI is InChI=1S/C18H22N2S/c1-19(2)11-13-6-8-17-16(9-13)15-7-5-14(12-20(3)4)10-18(15)21-17/h5-10H,11-12H2,1-4H3. The van der Waals surface area contributed by atoms with Gasteiger partial charge in [-0.15, -0.1) is 11.3 Å². The van der Waals surface area contributed by atoms with Gasteiger partial charge in [-0.2, -0.15) is 0 Å². The minimum Gasteiger partial charge on any atom is -0.305 e. The Kier molecular flexibility index (Phi) is 3.98. The van der Waals surface area contributed by atoms with E-state index in [9.17, 15) is 0 Å². The maximum Gasteiger partial charge on any atom is 0.0358 e. The third-order valence-corrected chi connectivity index (χ3v) is 4.73. The molecular formula is C18H22N2S. The van der Waals surface area contributed by atoms with Gasteiger partial charge < -0.3 is 9.80 Å². The van der Waals surface area contributed by atoms with Crippen LogP contribution in [0.1, 0.15) is 11.1 Å². The Morgan fingerprint density at radius 3 is 2.00 bits per heavy atom. The Morgan fingerprint density at radius 2 is 1.33 bits per heavy atom. The van der Waals surface area contributed by atoms with Crippen molar-refractivity contribution >= 4 is 31.5 Å². The van der Waals surface area contributed by atoms with E-state index in [2.05, 4.69) is 74.4 Å². The van der Waals surface area contributed by atoms with Gasteiger partial charge in [0, 0.05) is 33.3 Å². The highest BCUT2D eigenvalue weighted by Gasteiger charge is 2.07. The molecule has 0 aliphatic carbocycles. The van der Waals surface area contributed by atoms with Crippen LogP contribution in [0.5, 0.6) is 0 Å². The molecule has 0 N–H and O–H groups in total. The number of hydrogen-bond donors (Lipinski definition) is 0. The Labute approximate surface area is 130 Å². The molecule has 0 spiro atoms. The number of hydrogen-bond acceptors (Lipinski definition) is 3. The highest BCUT2D eigenvalue weighted by atomic mass is 32.1. The van der Waals surface area contributed by atoms with Crippen molar-refractivity contribution in [3.8, 4) is 0 Å². The largest absolute Gasteiger partial charge is 0.305 e. The zero-order chi connectivity index (χ0) is 15.0. The average molecular weight is 298 g/mol. The quantitative estimate of drug-likeness (QED) is 0.713. The minimum absolute atomic E-state index is 0.992. The molecule has 0 amide bonds. The maximum absolute atomic E-state index is 2.35. The van der Waals surface area contributed by atoms with Crippen molar-refractivity contribution in [3.63, 3.8) is 0 Å². The molecular weight excluding hydrogens is 276 g/mol. The van der Waals surface area contributed by atoms with Crippen LogP contribution in [-0.2, 0) is 13.1 Å². The first-order valence-electron chi connectivity index (χ1n) is 7.26. The summed E-state index contributed by atoms with van der Waals surface area (Å²) in [6.07, 6.45) is 0. The molecule has 3 heteroatoms. The van der Waals surface area contributed by atoms with Gasteiger partial charge >= 0.3 is 0 Å². The van der Waals surface area contributed by atoms with Gasteiger partial charge in [0.1, 0.15) is 0 Å². The Bertz CT molecular complexity index is 771. The molecule has 0 radical (unpaired) electrons. The lowest BCUT2D eigenvalue weighted by molar-refractivity contribution is 0.403. The van der Waals surface area contributed by atoms with E-state index < -0.39 is 0 Å². The number of fused-ring (bicyclic) bond motifs is 3. The van der Waals surface area contributed by atoms with E-state index in [4.69, 9.17) is 0 Å². The highest BCUT2D eigenvalue weighted by Crippen LogP contribution is 2.35. The molecule has 0 bridgehead atoms. The molecule has 1 heterocycles. The van der Waals surface area contributed by atoms with Gasteiger partial charge in [0.05, 0.1) is 0 Å². The smallest absolute Gasteiger partial charge is 0.0358 e. The summed E-state index contributed by atoms with van der Waals surface area (Å²) < 4.78 is 2.78. The first-order chi connectivity index (χ1) is 10.0. The summed E-state index contributed by atoms with van der Waals surface area (Å²) in [6.45, 7) is 1.99. The van der Waals surface area contributed by atoms with Gasteiger partial charge in [0.15, 0.2) is 0 Å². The highest BCUT2D eigenvalue weighted by molar-refractivity contribution is 7.25. The normalized spacial score (nSPS) is 12.1. The molecule has 2 nitrogen and oxygen atoms in total. The second kappa shape index (κ2) is 5.76. The van der Waals surface area contributed by atoms with Crippen LogP contribution >= 0.6 is 11.3 Å². The summed E-state index contributed by atoms with van der Waals surface area (Å²) in [7, 11) is 8.46. The zero-order valence-corrected chi connectivity index (χ0v) is 14.0. The fourth-order valence-corrected chi connectivity index (χ4v) is 3.95. The van der Waals surface area contributed by atoms with Crippen LogP contribution in [0.4, 0.5) is 0 Å². The molecule has 3 aromatic rings. The van der Waals surface area contributed by atoms with E-state index in [1.807, 2.05) is 11.3 Å². The molecule has 21 heavy (non-hydrogen) atoms. The van der Waals surface area contributed by atoms with Crippen molar-refractivity contribution in [3.05, 3.63) is 47.5 Å². The van der Waals surface area contributed by atoms with Gasteiger partial charge in [-0.05, 0) is 57.5 Å². The molecule has 0 fully saturated rings. The summed E-state index contributed by atoms with van der Waals surface area (Å²) in [6, 6.07) is 13.7. The lowest BCUT2D eigenvalue weighted by Crippen LogP contribution is -2.10. The van der Waals surface area contributed by atoms with E-state index in [-0.39, 0.29) is 0 Å². The maximum atomic E-state index is 2.35. The van der Waals surface area contributed by atoms with Crippen molar-refractivity contribution in [1.82, 2.24) is 9.80 Å². The molecule has 0 saturated carbocycles. The second-order valence-corrected chi connectivity index (χ2v) is 7.32. The molecule has 0 aliphatic rings. The van der Waals surface area contributed by atoms with Crippen molar-refractivity contribution in [1.29, 1.82) is 0 Å². The lowest BCUT2D eigenvalue weighted by atomic mass is 10.1. The van der Waals surface area contributed by atoms with Crippen molar-refractivity contribution in [2.45, 2.75) is 13.1 Å². The Morgan fingerprint density at radius 1 is 0.714 bits per heavy atom. The molecule has 110 valence electrons. The topological polar surface area (TPSA) is 6.48 Å². The minimum atomic E-state index is 0.992. The van der Waals surface area contributed by atoms with Crippen LogP contribution in [0.15, 0.2) is 36.4 Å². The fraction of sp³-hybridized carbons (Fsp3) is 0.333. The predicted molar refractivity (Wildman–Crippen MR) is 94.1 cm³/mol. The van der Waals surface area contributed by atoms with Crippen LogP contribution in [-0.4, -0.2) is 38.0 Å². The average Bonchev–Trinajstić information content (AvgIpc) is 2.74. The van der Waals surface area contributed by atoms with Crippen LogP contribution in [0.25, 0.3) is 20.2 Å². The molecule has 1 aromatic heterocycles. The van der Waals surface area contributed by atoms with Gasteiger partial charge in [0.25, 0.3) is 0 Å². The van der Waals surface area contributed by atoms with Crippen LogP contribution in [0, 0.1) is 0 Å². The third kappa shape index (κ3) is 3.10. The van der Waals surface area contributed by atoms with Crippen molar-refractivity contribution in [2.24, 2.45) is 0 Å². The number of nitrogens with zero attached hydrogens (tertiary/aromatic N) is 2. The summed E-state index contributed by atoms with van der Waals surface area (Å²) in [5.74, 6) is 0. The Balaban J connectivity index is 2.07. The van der Waals surface area contributed by atoms with Crippen molar-refractivity contribution in [2.75, 3.05) is 28.2 Å². The van der Waals surface area contributed by atoms with Crippen LogP contribution in [0.2, 0.25) is 0 Å².